The van der Waals surface area contributed by atoms with Gasteiger partial charge in [0.1, 0.15) is 29.7 Å². The number of aromatic hydroxyl groups is 1. The third-order valence-corrected chi connectivity index (χ3v) is 5.86. The Hall–Kier alpha value is -2.84. The lowest BCUT2D eigenvalue weighted by molar-refractivity contribution is 0.0409. The number of phenolic OH excluding ortho intramolecular Hbond substituents is 1. The van der Waals surface area contributed by atoms with E-state index in [0.29, 0.717) is 23.3 Å². The monoisotopic (exact) mass is 465 g/mol. The van der Waals surface area contributed by atoms with Gasteiger partial charge in [-0.1, -0.05) is 30.7 Å². The Morgan fingerprint density at radius 2 is 1.97 bits per heavy atom. The highest BCUT2D eigenvalue weighted by Crippen LogP contribution is 2.34. The minimum absolute atomic E-state index is 0.00475. The number of hydrogen-bond donors (Lipinski definition) is 2. The van der Waals surface area contributed by atoms with Crippen LogP contribution in [-0.4, -0.2) is 28.5 Å². The highest BCUT2D eigenvalue weighted by atomic mass is 35.5. The summed E-state index contributed by atoms with van der Waals surface area (Å²) >= 11 is 6.00. The predicted octanol–water partition coefficient (Wildman–Crippen LogP) is 5.20. The van der Waals surface area contributed by atoms with Crippen molar-refractivity contribution in [2.45, 2.75) is 25.2 Å². The molecule has 9 heteroatoms. The fourth-order valence-corrected chi connectivity index (χ4v) is 4.27. The number of phenols is 1. The van der Waals surface area contributed by atoms with Gasteiger partial charge in [0, 0.05) is 5.57 Å². The molecule has 0 aliphatic carbocycles. The zero-order chi connectivity index (χ0) is 22.5. The zero-order valence-electron chi connectivity index (χ0n) is 16.9. The molecule has 6 nitrogen and oxygen atoms in total. The summed E-state index contributed by atoms with van der Waals surface area (Å²) in [6.07, 6.45) is 4.37. The largest absolute Gasteiger partial charge is 0.505 e. The van der Waals surface area contributed by atoms with Crippen LogP contribution in [0.1, 0.15) is 36.2 Å². The van der Waals surface area contributed by atoms with E-state index in [0.717, 1.165) is 0 Å². The number of hydrogen-bond acceptors (Lipinski definition) is 5. The van der Waals surface area contributed by atoms with E-state index in [9.17, 15) is 18.5 Å². The molecule has 2 aromatic rings. The van der Waals surface area contributed by atoms with Gasteiger partial charge < -0.3 is 14.6 Å². The van der Waals surface area contributed by atoms with Crippen LogP contribution < -0.4 is 4.72 Å². The number of anilines is 1. The number of halogens is 2. The van der Waals surface area contributed by atoms with Gasteiger partial charge in [-0.2, -0.15) is 0 Å². The topological polar surface area (TPSA) is 84.9 Å². The van der Waals surface area contributed by atoms with Crippen molar-refractivity contribution in [3.05, 3.63) is 70.2 Å². The smallest absolute Gasteiger partial charge is 0.338 e. The van der Waals surface area contributed by atoms with Gasteiger partial charge in [0.2, 0.25) is 0 Å². The van der Waals surface area contributed by atoms with Crippen molar-refractivity contribution in [3.8, 4) is 5.75 Å². The van der Waals surface area contributed by atoms with E-state index in [-0.39, 0.29) is 34.4 Å². The van der Waals surface area contributed by atoms with Gasteiger partial charge >= 0.3 is 5.97 Å². The first kappa shape index (κ1) is 22.8. The molecule has 1 aliphatic rings. The second-order valence-electron chi connectivity index (χ2n) is 6.53. The van der Waals surface area contributed by atoms with Gasteiger partial charge in [0.25, 0.3) is 0 Å². The molecule has 0 saturated heterocycles. The molecule has 1 aliphatic heterocycles. The summed E-state index contributed by atoms with van der Waals surface area (Å²) in [5.74, 6) is -1.30. The fourth-order valence-electron chi connectivity index (χ4n) is 3.01. The van der Waals surface area contributed by atoms with Crippen molar-refractivity contribution in [2.24, 2.45) is 0 Å². The van der Waals surface area contributed by atoms with Gasteiger partial charge in [-0.05, 0) is 49.2 Å². The number of rotatable bonds is 1. The van der Waals surface area contributed by atoms with Crippen LogP contribution in [0.5, 0.6) is 5.75 Å². The molecule has 2 aromatic carbocycles. The van der Waals surface area contributed by atoms with Crippen LogP contribution in [0, 0.1) is 5.82 Å². The minimum atomic E-state index is -2.12. The Morgan fingerprint density at radius 3 is 2.68 bits per heavy atom. The van der Waals surface area contributed by atoms with Crippen LogP contribution in [0.25, 0.3) is 5.57 Å². The Kier molecular flexibility index (Phi) is 7.35. The summed E-state index contributed by atoms with van der Waals surface area (Å²) in [5.41, 5.74) is 1.30. The van der Waals surface area contributed by atoms with Crippen molar-refractivity contribution in [2.75, 3.05) is 17.9 Å². The Morgan fingerprint density at radius 1 is 1.23 bits per heavy atom. The molecule has 0 saturated carbocycles. The number of carbonyl (C=O) groups is 1. The summed E-state index contributed by atoms with van der Waals surface area (Å²) in [4.78, 5) is 12.2. The van der Waals surface area contributed by atoms with E-state index in [4.69, 9.17) is 21.1 Å². The predicted molar refractivity (Wildman–Crippen MR) is 118 cm³/mol. The summed E-state index contributed by atoms with van der Waals surface area (Å²) in [6, 6.07) is 6.74. The second-order valence-corrected chi connectivity index (χ2v) is 8.12. The van der Waals surface area contributed by atoms with E-state index < -0.39 is 28.5 Å². The number of fused-ring (bicyclic) bond motifs is 4. The normalized spacial score (nSPS) is 19.7. The Balaban J connectivity index is 2.15. The minimum Gasteiger partial charge on any atom is -0.505 e. The summed E-state index contributed by atoms with van der Waals surface area (Å²) < 4.78 is 41.0. The summed E-state index contributed by atoms with van der Waals surface area (Å²) in [6.45, 7) is 3.80. The molecule has 0 amide bonds. The Labute approximate surface area is 186 Å². The summed E-state index contributed by atoms with van der Waals surface area (Å²) in [5, 5.41) is 10.1. The third kappa shape index (κ3) is 5.08. The van der Waals surface area contributed by atoms with Crippen LogP contribution in [0.2, 0.25) is 5.02 Å². The number of allylic oxidation sites excluding steroid dienone is 3. The van der Waals surface area contributed by atoms with E-state index in [1.54, 1.807) is 19.1 Å². The molecule has 2 N–H and O–H groups in total. The quantitative estimate of drug-likeness (QED) is 0.565. The Bertz CT molecular complexity index is 1100. The molecule has 0 radical (unpaired) electrons. The number of carbonyl (C=O) groups excluding carboxylic acids is 1. The molecule has 0 fully saturated rings. The van der Waals surface area contributed by atoms with Crippen molar-refractivity contribution < 1.29 is 28.0 Å². The molecule has 0 aromatic heterocycles. The first-order chi connectivity index (χ1) is 14.8. The number of esters is 1. The second kappa shape index (κ2) is 9.98. The molecule has 3 rings (SSSR count). The fraction of sp³-hybridized carbons (Fsp3) is 0.227. The van der Waals surface area contributed by atoms with Gasteiger partial charge in [-0.15, -0.1) is 0 Å². The SMILES string of the molecule is C/C=C1/OCCOC(=O)c2cc(Cl)c(O)c(c2)S(=O)Nc2cc(ccc2F)/C1=C/CC. The number of nitrogens with one attached hydrogen (secondary N) is 1. The lowest BCUT2D eigenvalue weighted by Crippen LogP contribution is -2.12. The van der Waals surface area contributed by atoms with Gasteiger partial charge in [0.15, 0.2) is 16.7 Å². The molecule has 0 spiro atoms. The maximum atomic E-state index is 14.5. The highest BCUT2D eigenvalue weighted by Gasteiger charge is 2.21. The molecular formula is C22H21ClFNO5S. The van der Waals surface area contributed by atoms with Crippen LogP contribution in [0.3, 0.4) is 0 Å². The maximum Gasteiger partial charge on any atom is 0.338 e. The van der Waals surface area contributed by atoms with Crippen LogP contribution in [0.15, 0.2) is 53.1 Å². The van der Waals surface area contributed by atoms with Crippen LogP contribution in [0.4, 0.5) is 10.1 Å². The first-order valence-electron chi connectivity index (χ1n) is 9.53. The third-order valence-electron chi connectivity index (χ3n) is 4.45. The first-order valence-corrected chi connectivity index (χ1v) is 11.1. The molecule has 1 unspecified atom stereocenters. The lowest BCUT2D eigenvalue weighted by Gasteiger charge is -2.16. The highest BCUT2D eigenvalue weighted by molar-refractivity contribution is 7.86. The lowest BCUT2D eigenvalue weighted by atomic mass is 10.0. The standard InChI is InChI=1S/C22H21ClFNO5S/c1-3-5-15-13-6-7-17(24)18(11-13)25-31(28)20-12-14(10-16(23)21(20)26)22(27)30-9-8-29-19(15)4-2/h4-7,10-12,25-26H,3,8-9H2,1-2H3/b15-5-,19-4+. The molecular weight excluding hydrogens is 445 g/mol. The molecule has 31 heavy (non-hydrogen) atoms. The van der Waals surface area contributed by atoms with Crippen LogP contribution >= 0.6 is 11.6 Å². The van der Waals surface area contributed by atoms with E-state index in [1.807, 2.05) is 13.0 Å². The molecule has 164 valence electrons. The maximum absolute atomic E-state index is 14.5. The average Bonchev–Trinajstić information content (AvgIpc) is 2.75. The van der Waals surface area contributed by atoms with E-state index >= 15 is 0 Å². The van der Waals surface area contributed by atoms with Gasteiger partial charge in [-0.3, -0.25) is 4.72 Å². The van der Waals surface area contributed by atoms with Gasteiger partial charge in [0.05, 0.1) is 16.3 Å². The molecule has 4 bridgehead atoms. The van der Waals surface area contributed by atoms with Crippen molar-refractivity contribution in [1.29, 1.82) is 0 Å². The van der Waals surface area contributed by atoms with Crippen molar-refractivity contribution >= 4 is 39.8 Å². The summed E-state index contributed by atoms with van der Waals surface area (Å²) in [7, 11) is -2.12. The van der Waals surface area contributed by atoms with E-state index in [1.165, 1.54) is 24.3 Å². The van der Waals surface area contributed by atoms with E-state index in [2.05, 4.69) is 4.72 Å². The number of benzene rings is 2. The molecule has 1 atom stereocenters. The van der Waals surface area contributed by atoms with Crippen LogP contribution in [-0.2, 0) is 20.5 Å². The van der Waals surface area contributed by atoms with Gasteiger partial charge in [-0.25, -0.2) is 13.4 Å². The number of ether oxygens (including phenoxy) is 2. The average molecular weight is 466 g/mol. The molecule has 1 heterocycles. The number of cyclic esters (lactones) is 1. The van der Waals surface area contributed by atoms with Crippen molar-refractivity contribution in [3.63, 3.8) is 0 Å². The zero-order valence-corrected chi connectivity index (χ0v) is 18.5. The van der Waals surface area contributed by atoms with Crippen molar-refractivity contribution in [1.82, 2.24) is 0 Å².